The summed E-state index contributed by atoms with van der Waals surface area (Å²) in [6, 6.07) is 0. The highest BCUT2D eigenvalue weighted by Gasteiger charge is 2.40. The van der Waals surface area contributed by atoms with E-state index in [1.165, 1.54) is 32.4 Å². The summed E-state index contributed by atoms with van der Waals surface area (Å²) in [5.74, 6) is 0.967. The Labute approximate surface area is 87.2 Å². The molecule has 3 nitrogen and oxygen atoms in total. The number of likely N-dealkylation sites (tertiary alicyclic amines) is 1. The molecule has 1 atom stereocenters. The Morgan fingerprint density at radius 3 is 2.64 bits per heavy atom. The molecule has 14 heavy (non-hydrogen) atoms. The molecule has 2 rings (SSSR count). The van der Waals surface area contributed by atoms with Crippen molar-refractivity contribution in [3.8, 4) is 0 Å². The number of nitrogens with two attached hydrogens (primary N) is 1. The van der Waals surface area contributed by atoms with Gasteiger partial charge in [0.2, 0.25) is 0 Å². The highest BCUT2D eigenvalue weighted by molar-refractivity contribution is 4.99. The van der Waals surface area contributed by atoms with Crippen LogP contribution in [0, 0.1) is 5.92 Å². The molecule has 1 heterocycles. The molecule has 1 aliphatic carbocycles. The first-order valence-electron chi connectivity index (χ1n) is 5.76. The maximum Gasteiger partial charge on any atom is 0.0467 e. The lowest BCUT2D eigenvalue weighted by molar-refractivity contribution is 0.128. The van der Waals surface area contributed by atoms with Crippen molar-refractivity contribution in [2.24, 2.45) is 11.7 Å². The third-order valence-corrected chi connectivity index (χ3v) is 3.94. The van der Waals surface area contributed by atoms with Crippen LogP contribution in [0.2, 0.25) is 0 Å². The molecule has 0 spiro atoms. The molecule has 0 aromatic carbocycles. The predicted octanol–water partition coefficient (Wildman–Crippen LogP) is 0.361. The summed E-state index contributed by atoms with van der Waals surface area (Å²) < 4.78 is 0. The van der Waals surface area contributed by atoms with E-state index in [2.05, 4.69) is 23.9 Å². The van der Waals surface area contributed by atoms with Gasteiger partial charge in [-0.05, 0) is 45.8 Å². The van der Waals surface area contributed by atoms with E-state index in [4.69, 9.17) is 5.73 Å². The number of likely N-dealkylation sites (N-methyl/N-ethyl adjacent to an activating group) is 2. The van der Waals surface area contributed by atoms with E-state index in [9.17, 15) is 0 Å². The highest BCUT2D eigenvalue weighted by Crippen LogP contribution is 2.33. The van der Waals surface area contributed by atoms with Crippen molar-refractivity contribution in [2.75, 3.05) is 40.3 Å². The maximum absolute atomic E-state index is 5.96. The van der Waals surface area contributed by atoms with Crippen LogP contribution in [0.15, 0.2) is 0 Å². The molecule has 0 amide bonds. The highest BCUT2D eigenvalue weighted by atomic mass is 15.3. The standard InChI is InChI=1S/C11H23N3/c1-13-6-5-11(8-12,9-13)14(2)7-10-3-4-10/h10H,3-9,12H2,1-2H3. The minimum atomic E-state index is 0.275. The molecule has 0 aromatic rings. The lowest BCUT2D eigenvalue weighted by Gasteiger charge is -2.38. The maximum atomic E-state index is 5.96. The van der Waals surface area contributed by atoms with E-state index < -0.39 is 0 Å². The lowest BCUT2D eigenvalue weighted by atomic mass is 9.96. The van der Waals surface area contributed by atoms with Crippen LogP contribution < -0.4 is 5.73 Å². The monoisotopic (exact) mass is 197 g/mol. The minimum Gasteiger partial charge on any atom is -0.329 e. The van der Waals surface area contributed by atoms with Crippen LogP contribution in [0.1, 0.15) is 19.3 Å². The number of hydrogen-bond donors (Lipinski definition) is 1. The van der Waals surface area contributed by atoms with Crippen LogP contribution in [0.4, 0.5) is 0 Å². The van der Waals surface area contributed by atoms with Crippen molar-refractivity contribution in [1.82, 2.24) is 9.80 Å². The first-order chi connectivity index (χ1) is 6.66. The summed E-state index contributed by atoms with van der Waals surface area (Å²) in [5.41, 5.74) is 6.23. The summed E-state index contributed by atoms with van der Waals surface area (Å²) in [6.45, 7) is 4.41. The molecule has 1 saturated heterocycles. The molecular weight excluding hydrogens is 174 g/mol. The van der Waals surface area contributed by atoms with E-state index in [-0.39, 0.29) is 5.54 Å². The van der Waals surface area contributed by atoms with Crippen LogP contribution in [0.5, 0.6) is 0 Å². The summed E-state index contributed by atoms with van der Waals surface area (Å²) in [5, 5.41) is 0. The zero-order chi connectivity index (χ0) is 10.2. The minimum absolute atomic E-state index is 0.275. The molecule has 0 aromatic heterocycles. The van der Waals surface area contributed by atoms with E-state index in [1.807, 2.05) is 0 Å². The van der Waals surface area contributed by atoms with Gasteiger partial charge in [-0.1, -0.05) is 0 Å². The SMILES string of the molecule is CN1CCC(CN)(N(C)CC2CC2)C1. The normalized spacial score (nSPS) is 34.3. The van der Waals surface area contributed by atoms with Gasteiger partial charge in [-0.3, -0.25) is 4.90 Å². The van der Waals surface area contributed by atoms with Gasteiger partial charge in [0.05, 0.1) is 0 Å². The largest absolute Gasteiger partial charge is 0.329 e. The van der Waals surface area contributed by atoms with Crippen molar-refractivity contribution < 1.29 is 0 Å². The molecule has 1 unspecified atom stereocenters. The molecule has 0 bridgehead atoms. The first-order valence-corrected chi connectivity index (χ1v) is 5.76. The fraction of sp³-hybridized carbons (Fsp3) is 1.00. The van der Waals surface area contributed by atoms with Crippen molar-refractivity contribution in [3.05, 3.63) is 0 Å². The Morgan fingerprint density at radius 2 is 2.21 bits per heavy atom. The van der Waals surface area contributed by atoms with E-state index >= 15 is 0 Å². The van der Waals surface area contributed by atoms with E-state index in [0.29, 0.717) is 0 Å². The Bertz CT molecular complexity index is 203. The zero-order valence-electron chi connectivity index (χ0n) is 9.50. The summed E-state index contributed by atoms with van der Waals surface area (Å²) in [6.07, 6.45) is 4.10. The van der Waals surface area contributed by atoms with Crippen LogP contribution in [-0.4, -0.2) is 55.6 Å². The average Bonchev–Trinajstić information content (AvgIpc) is 2.88. The second kappa shape index (κ2) is 3.80. The average molecular weight is 197 g/mol. The van der Waals surface area contributed by atoms with Gasteiger partial charge in [0.1, 0.15) is 0 Å². The first kappa shape index (κ1) is 10.4. The van der Waals surface area contributed by atoms with E-state index in [1.54, 1.807) is 0 Å². The van der Waals surface area contributed by atoms with Gasteiger partial charge in [0.15, 0.2) is 0 Å². The van der Waals surface area contributed by atoms with Crippen molar-refractivity contribution in [2.45, 2.75) is 24.8 Å². The third-order valence-electron chi connectivity index (χ3n) is 3.94. The molecule has 3 heteroatoms. The van der Waals surface area contributed by atoms with Gasteiger partial charge in [-0.15, -0.1) is 0 Å². The molecule has 2 aliphatic rings. The summed E-state index contributed by atoms with van der Waals surface area (Å²) >= 11 is 0. The topological polar surface area (TPSA) is 32.5 Å². The molecule has 1 aliphatic heterocycles. The fourth-order valence-corrected chi connectivity index (χ4v) is 2.57. The summed E-state index contributed by atoms with van der Waals surface area (Å²) in [7, 11) is 4.45. The second-order valence-corrected chi connectivity index (χ2v) is 5.24. The molecule has 0 radical (unpaired) electrons. The predicted molar refractivity (Wildman–Crippen MR) is 59.3 cm³/mol. The van der Waals surface area contributed by atoms with Crippen LogP contribution >= 0.6 is 0 Å². The molecule has 1 saturated carbocycles. The van der Waals surface area contributed by atoms with Crippen LogP contribution in [-0.2, 0) is 0 Å². The molecular formula is C11H23N3. The van der Waals surface area contributed by atoms with Gasteiger partial charge in [0.25, 0.3) is 0 Å². The second-order valence-electron chi connectivity index (χ2n) is 5.24. The Balaban J connectivity index is 1.95. The fourth-order valence-electron chi connectivity index (χ4n) is 2.57. The molecule has 82 valence electrons. The van der Waals surface area contributed by atoms with Crippen molar-refractivity contribution >= 4 is 0 Å². The Kier molecular flexibility index (Phi) is 2.82. The molecule has 2 fully saturated rings. The molecule has 2 N–H and O–H groups in total. The lowest BCUT2D eigenvalue weighted by Crippen LogP contribution is -2.54. The van der Waals surface area contributed by atoms with Gasteiger partial charge >= 0.3 is 0 Å². The summed E-state index contributed by atoms with van der Waals surface area (Å²) in [4.78, 5) is 4.92. The third kappa shape index (κ3) is 1.95. The van der Waals surface area contributed by atoms with E-state index in [0.717, 1.165) is 19.0 Å². The smallest absolute Gasteiger partial charge is 0.0467 e. The Hall–Kier alpha value is -0.120. The Morgan fingerprint density at radius 1 is 1.50 bits per heavy atom. The number of rotatable bonds is 4. The van der Waals surface area contributed by atoms with Gasteiger partial charge in [-0.2, -0.15) is 0 Å². The number of hydrogen-bond acceptors (Lipinski definition) is 3. The quantitative estimate of drug-likeness (QED) is 0.706. The van der Waals surface area contributed by atoms with Crippen LogP contribution in [0.3, 0.4) is 0 Å². The van der Waals surface area contributed by atoms with Gasteiger partial charge in [0, 0.05) is 25.2 Å². The van der Waals surface area contributed by atoms with Crippen molar-refractivity contribution in [3.63, 3.8) is 0 Å². The van der Waals surface area contributed by atoms with Crippen LogP contribution in [0.25, 0.3) is 0 Å². The zero-order valence-corrected chi connectivity index (χ0v) is 9.50. The van der Waals surface area contributed by atoms with Gasteiger partial charge < -0.3 is 10.6 Å². The number of nitrogens with zero attached hydrogens (tertiary/aromatic N) is 2. The van der Waals surface area contributed by atoms with Crippen molar-refractivity contribution in [1.29, 1.82) is 0 Å². The van der Waals surface area contributed by atoms with Gasteiger partial charge in [-0.25, -0.2) is 0 Å².